The van der Waals surface area contributed by atoms with Gasteiger partial charge < -0.3 is 0 Å². The Balaban J connectivity index is 1.81. The van der Waals surface area contributed by atoms with Crippen molar-refractivity contribution in [3.63, 3.8) is 0 Å². The number of hydrogen-bond acceptors (Lipinski definition) is 8. The standard InChI is InChI=1S/C19H10N6O3S2/c1-8-2-4-11-12(6-8)29-19-22-16-14(17(26)24(11)19)15(20)23-10-5-3-9(25(27)28)7-13(10)30-18(23)21-16/h2-7,20H,1H3. The van der Waals surface area contributed by atoms with Crippen molar-refractivity contribution in [1.82, 2.24) is 18.8 Å². The van der Waals surface area contributed by atoms with Gasteiger partial charge in [-0.1, -0.05) is 28.7 Å². The van der Waals surface area contributed by atoms with Crippen LogP contribution in [-0.2, 0) is 0 Å². The van der Waals surface area contributed by atoms with Crippen LogP contribution in [-0.4, -0.2) is 23.7 Å². The Morgan fingerprint density at radius 1 is 1.00 bits per heavy atom. The van der Waals surface area contributed by atoms with E-state index in [1.807, 2.05) is 25.1 Å². The van der Waals surface area contributed by atoms with Gasteiger partial charge in [0.1, 0.15) is 10.9 Å². The molecule has 6 rings (SSSR count). The highest BCUT2D eigenvalue weighted by Crippen LogP contribution is 2.29. The molecule has 0 atom stereocenters. The molecule has 1 N–H and O–H groups in total. The molecule has 0 amide bonds. The molecule has 4 heterocycles. The molecule has 146 valence electrons. The molecule has 0 saturated carbocycles. The van der Waals surface area contributed by atoms with Crippen molar-refractivity contribution in [2.75, 3.05) is 0 Å². The van der Waals surface area contributed by atoms with Crippen molar-refractivity contribution in [2.24, 2.45) is 0 Å². The first-order valence-corrected chi connectivity index (χ1v) is 10.5. The van der Waals surface area contributed by atoms with Crippen LogP contribution in [0.2, 0.25) is 0 Å². The summed E-state index contributed by atoms with van der Waals surface area (Å²) >= 11 is 2.62. The molecule has 2 aromatic carbocycles. The topological polar surface area (TPSA) is 119 Å². The first-order chi connectivity index (χ1) is 14.4. The number of rotatable bonds is 1. The summed E-state index contributed by atoms with van der Waals surface area (Å²) in [7, 11) is 0. The van der Waals surface area contributed by atoms with Crippen LogP contribution < -0.4 is 11.0 Å². The predicted molar refractivity (Wildman–Crippen MR) is 116 cm³/mol. The van der Waals surface area contributed by atoms with Crippen molar-refractivity contribution in [3.05, 3.63) is 67.9 Å². The van der Waals surface area contributed by atoms with Gasteiger partial charge in [-0.2, -0.15) is 9.97 Å². The summed E-state index contributed by atoms with van der Waals surface area (Å²) in [5, 5.41) is 19.9. The molecule has 0 unspecified atom stereocenters. The second kappa shape index (κ2) is 5.68. The number of nitro groups is 1. The lowest BCUT2D eigenvalue weighted by Gasteiger charge is -2.02. The molecule has 9 nitrogen and oxygen atoms in total. The van der Waals surface area contributed by atoms with E-state index in [0.29, 0.717) is 20.1 Å². The van der Waals surface area contributed by atoms with Crippen molar-refractivity contribution < 1.29 is 4.92 Å². The first kappa shape index (κ1) is 17.2. The van der Waals surface area contributed by atoms with E-state index in [1.54, 1.807) is 10.5 Å². The molecule has 4 aromatic heterocycles. The molecule has 0 aliphatic heterocycles. The van der Waals surface area contributed by atoms with E-state index in [-0.39, 0.29) is 27.8 Å². The molecule has 0 aliphatic rings. The van der Waals surface area contributed by atoms with Crippen LogP contribution in [0.5, 0.6) is 0 Å². The summed E-state index contributed by atoms with van der Waals surface area (Å²) in [5.74, 6) is 0. The third-order valence-corrected chi connectivity index (χ3v) is 7.05. The minimum absolute atomic E-state index is 0.0338. The number of aromatic nitrogens is 4. The van der Waals surface area contributed by atoms with Gasteiger partial charge in [0.25, 0.3) is 11.2 Å². The molecule has 0 saturated heterocycles. The van der Waals surface area contributed by atoms with E-state index in [4.69, 9.17) is 5.41 Å². The number of nitrogens with one attached hydrogen (secondary N) is 1. The Morgan fingerprint density at radius 2 is 1.63 bits per heavy atom. The lowest BCUT2D eigenvalue weighted by atomic mass is 10.2. The fraction of sp³-hybridized carbons (Fsp3) is 0.0526. The van der Waals surface area contributed by atoms with Crippen molar-refractivity contribution in [2.45, 2.75) is 6.92 Å². The van der Waals surface area contributed by atoms with Crippen molar-refractivity contribution in [1.29, 1.82) is 5.41 Å². The first-order valence-electron chi connectivity index (χ1n) is 8.82. The van der Waals surface area contributed by atoms with E-state index in [0.717, 1.165) is 15.8 Å². The van der Waals surface area contributed by atoms with Gasteiger partial charge in [-0.05, 0) is 30.7 Å². The number of aryl methyl sites for hydroxylation is 1. The Kier molecular flexibility index (Phi) is 3.25. The Bertz CT molecular complexity index is 1840. The van der Waals surface area contributed by atoms with Crippen LogP contribution in [0.1, 0.15) is 5.56 Å². The number of benzene rings is 2. The summed E-state index contributed by atoms with van der Waals surface area (Å²) in [6, 6.07) is 10.2. The fourth-order valence-corrected chi connectivity index (χ4v) is 5.83. The van der Waals surface area contributed by atoms with Crippen LogP contribution in [0.15, 0.2) is 41.2 Å². The second-order valence-electron chi connectivity index (χ2n) is 6.90. The average Bonchev–Trinajstić information content (AvgIpc) is 3.24. The summed E-state index contributed by atoms with van der Waals surface area (Å²) in [4.78, 5) is 34.1. The van der Waals surface area contributed by atoms with E-state index < -0.39 is 4.92 Å². The van der Waals surface area contributed by atoms with Gasteiger partial charge in [0.15, 0.2) is 15.6 Å². The molecular weight excluding hydrogens is 424 g/mol. The van der Waals surface area contributed by atoms with Gasteiger partial charge in [-0.3, -0.25) is 29.1 Å². The minimum atomic E-state index is -0.463. The predicted octanol–water partition coefficient (Wildman–Crippen LogP) is 3.62. The summed E-state index contributed by atoms with van der Waals surface area (Å²) in [6.45, 7) is 1.99. The number of hydrogen-bond donors (Lipinski definition) is 1. The molecule has 0 fully saturated rings. The van der Waals surface area contributed by atoms with Crippen molar-refractivity contribution in [3.8, 4) is 0 Å². The average molecular weight is 434 g/mol. The zero-order valence-electron chi connectivity index (χ0n) is 15.2. The molecule has 0 bridgehead atoms. The maximum Gasteiger partial charge on any atom is 0.272 e. The lowest BCUT2D eigenvalue weighted by molar-refractivity contribution is -0.384. The Labute approximate surface area is 173 Å². The minimum Gasteiger partial charge on any atom is -0.283 e. The van der Waals surface area contributed by atoms with E-state index >= 15 is 0 Å². The SMILES string of the molecule is Cc1ccc2c(c1)sc1nc3nc4sc5cc([N+](=O)[O-])ccc5n4c(=N)c3c(=O)n12. The van der Waals surface area contributed by atoms with Crippen molar-refractivity contribution >= 4 is 69.7 Å². The highest BCUT2D eigenvalue weighted by molar-refractivity contribution is 7.24. The molecular formula is C19H10N6O3S2. The smallest absolute Gasteiger partial charge is 0.272 e. The quantitative estimate of drug-likeness (QED) is 0.313. The fourth-order valence-electron chi connectivity index (χ4n) is 3.67. The molecule has 30 heavy (non-hydrogen) atoms. The van der Waals surface area contributed by atoms with E-state index in [9.17, 15) is 14.9 Å². The largest absolute Gasteiger partial charge is 0.283 e. The third kappa shape index (κ3) is 2.15. The van der Waals surface area contributed by atoms with E-state index in [1.165, 1.54) is 39.2 Å². The summed E-state index contributed by atoms with van der Waals surface area (Å²) in [5.41, 5.74) is 2.21. The number of thiazole rings is 2. The molecule has 0 radical (unpaired) electrons. The highest BCUT2D eigenvalue weighted by atomic mass is 32.1. The zero-order valence-corrected chi connectivity index (χ0v) is 16.9. The number of nitro benzene ring substituents is 1. The highest BCUT2D eigenvalue weighted by Gasteiger charge is 2.18. The van der Waals surface area contributed by atoms with Gasteiger partial charge >= 0.3 is 0 Å². The second-order valence-corrected chi connectivity index (χ2v) is 8.91. The number of nitrogens with zero attached hydrogens (tertiary/aromatic N) is 5. The maximum atomic E-state index is 13.4. The summed E-state index contributed by atoms with van der Waals surface area (Å²) < 4.78 is 4.62. The lowest BCUT2D eigenvalue weighted by Crippen LogP contribution is -2.25. The Morgan fingerprint density at radius 3 is 2.37 bits per heavy atom. The van der Waals surface area contributed by atoms with Gasteiger partial charge in [0.2, 0.25) is 0 Å². The van der Waals surface area contributed by atoms with Gasteiger partial charge in [0, 0.05) is 12.1 Å². The molecule has 11 heteroatoms. The molecule has 6 aromatic rings. The van der Waals surface area contributed by atoms with Crippen LogP contribution in [0.3, 0.4) is 0 Å². The number of non-ortho nitro benzene ring substituents is 1. The van der Waals surface area contributed by atoms with E-state index in [2.05, 4.69) is 9.97 Å². The van der Waals surface area contributed by atoms with Gasteiger partial charge in [-0.25, -0.2) is 0 Å². The van der Waals surface area contributed by atoms with Crippen LogP contribution in [0, 0.1) is 22.4 Å². The number of fused-ring (bicyclic) bond motifs is 7. The third-order valence-electron chi connectivity index (χ3n) is 5.04. The zero-order chi connectivity index (χ0) is 20.7. The Hall–Kier alpha value is -3.70. The summed E-state index contributed by atoms with van der Waals surface area (Å²) in [6.07, 6.45) is 0. The molecule has 0 aliphatic carbocycles. The molecule has 0 spiro atoms. The normalized spacial score (nSPS) is 12.0. The van der Waals surface area contributed by atoms with Gasteiger partial charge in [-0.15, -0.1) is 0 Å². The van der Waals surface area contributed by atoms with Crippen LogP contribution >= 0.6 is 22.7 Å². The maximum absolute atomic E-state index is 13.4. The van der Waals surface area contributed by atoms with Crippen LogP contribution in [0.25, 0.3) is 41.4 Å². The van der Waals surface area contributed by atoms with Crippen LogP contribution in [0.4, 0.5) is 5.69 Å². The monoisotopic (exact) mass is 434 g/mol. The van der Waals surface area contributed by atoms with Gasteiger partial charge in [0.05, 0.1) is 25.4 Å².